The van der Waals surface area contributed by atoms with E-state index < -0.39 is 41.9 Å². The van der Waals surface area contributed by atoms with Crippen LogP contribution in [0.3, 0.4) is 0 Å². The summed E-state index contributed by atoms with van der Waals surface area (Å²) in [6.07, 6.45) is 0.694. The lowest BCUT2D eigenvalue weighted by Crippen LogP contribution is -2.57. The molecule has 0 unspecified atom stereocenters. The normalized spacial score (nSPS) is 22.1. The van der Waals surface area contributed by atoms with Gasteiger partial charge in [0.1, 0.15) is 10.4 Å². The van der Waals surface area contributed by atoms with Crippen LogP contribution in [-0.2, 0) is 21.7 Å². The van der Waals surface area contributed by atoms with Crippen molar-refractivity contribution >= 4 is 35.0 Å². The molecule has 2 aromatic rings. The van der Waals surface area contributed by atoms with Crippen LogP contribution in [0, 0.1) is 12.8 Å². The average Bonchev–Trinajstić information content (AvgIpc) is 3.48. The van der Waals surface area contributed by atoms with Crippen LogP contribution < -0.4 is 16.0 Å². The predicted molar refractivity (Wildman–Crippen MR) is 130 cm³/mol. The van der Waals surface area contributed by atoms with Crippen molar-refractivity contribution in [2.75, 3.05) is 26.7 Å². The fraction of sp³-hybridized carbons (Fsp3) is 0.458. The summed E-state index contributed by atoms with van der Waals surface area (Å²) in [4.78, 5) is 56.2. The molecule has 0 saturated carbocycles. The number of carbonyl (C=O) groups is 4. The lowest BCUT2D eigenvalue weighted by molar-refractivity contribution is -0.153. The maximum absolute atomic E-state index is 13.9. The topological polar surface area (TPSA) is 124 Å². The molecule has 0 radical (unpaired) electrons. The average molecular weight is 502 g/mol. The second kappa shape index (κ2) is 9.74. The number of aryl methyl sites for hydroxylation is 1. The Labute approximate surface area is 212 Å². The number of hydrogen-bond acceptors (Lipinski definition) is 7. The van der Waals surface area contributed by atoms with Crippen molar-refractivity contribution in [1.82, 2.24) is 31.0 Å². The summed E-state index contributed by atoms with van der Waals surface area (Å²) < 4.78 is 25.3. The molecule has 10 nitrogen and oxygen atoms in total. The summed E-state index contributed by atoms with van der Waals surface area (Å²) in [7, 11) is 1.46. The lowest BCUT2D eigenvalue weighted by atomic mass is 9.86. The Bertz CT molecular complexity index is 1280. The number of aromatic nitrogens is 1. The summed E-state index contributed by atoms with van der Waals surface area (Å²) >= 11 is 0.930. The molecule has 3 N–H and O–H groups in total. The predicted octanol–water partition coefficient (Wildman–Crippen LogP) is 1.17. The van der Waals surface area contributed by atoms with Crippen LogP contribution in [0.1, 0.15) is 60.6 Å². The summed E-state index contributed by atoms with van der Waals surface area (Å²) in [6.45, 7) is 1.43. The Balaban J connectivity index is 1.58. The summed E-state index contributed by atoms with van der Waals surface area (Å²) in [5, 5.41) is 11.1. The number of nitrogens with one attached hydrogen (secondary N) is 3. The van der Waals surface area contributed by atoms with Crippen LogP contribution >= 0.6 is 11.3 Å². The molecule has 1 saturated heterocycles. The first-order valence-corrected chi connectivity index (χ1v) is 12.2. The highest BCUT2D eigenvalue weighted by molar-refractivity contribution is 7.15. The summed E-state index contributed by atoms with van der Waals surface area (Å²) in [6, 6.07) is 6.77. The van der Waals surface area contributed by atoms with E-state index in [0.717, 1.165) is 11.3 Å². The Kier molecular flexibility index (Phi) is 5.85. The zero-order valence-corrected chi connectivity index (χ0v) is 20.6. The summed E-state index contributed by atoms with van der Waals surface area (Å²) in [5.74, 6) is -3.19. The maximum atomic E-state index is 13.9. The minimum Gasteiger partial charge on any atom is -0.353 e. The minimum absolute atomic E-state index is 0.125. The molecule has 4 amide bonds. The van der Waals surface area contributed by atoms with Gasteiger partial charge in [0.25, 0.3) is 17.7 Å². The molecule has 11 heteroatoms. The smallest absolute Gasteiger partial charge is 0.280 e. The van der Waals surface area contributed by atoms with Gasteiger partial charge in [0.05, 0.1) is 11.6 Å². The van der Waals surface area contributed by atoms with E-state index in [2.05, 4.69) is 20.9 Å². The van der Waals surface area contributed by atoms with Crippen LogP contribution in [0.25, 0.3) is 0 Å². The van der Waals surface area contributed by atoms with Crippen molar-refractivity contribution in [2.45, 2.75) is 39.2 Å². The van der Waals surface area contributed by atoms with Crippen LogP contribution in [0.5, 0.6) is 0 Å². The van der Waals surface area contributed by atoms with Crippen molar-refractivity contribution in [3.8, 4) is 0 Å². The number of nitrogens with zero attached hydrogens (tertiary/aromatic N) is 3. The van der Waals surface area contributed by atoms with E-state index in [4.69, 9.17) is 4.11 Å². The molecule has 1 aromatic carbocycles. The van der Waals surface area contributed by atoms with Gasteiger partial charge in [-0.3, -0.25) is 24.2 Å². The zero-order chi connectivity index (χ0) is 27.8. The number of thiazole rings is 1. The Hall–Kier alpha value is -3.31. The molecule has 0 aliphatic carbocycles. The van der Waals surface area contributed by atoms with Crippen molar-refractivity contribution in [1.29, 1.82) is 0 Å². The molecule has 2 atom stereocenters. The third-order valence-corrected chi connectivity index (χ3v) is 7.36. The van der Waals surface area contributed by atoms with Gasteiger partial charge < -0.3 is 16.0 Å². The Morgan fingerprint density at radius 3 is 2.77 bits per heavy atom. The number of rotatable bonds is 6. The number of amides is 4. The SMILES string of the molecule is [2H]C([2H])([2H])[C@]1(NC(=O)[C@H](C)CNC(=O)c2sc(C(=O)NC)nc2C)C(=O)N2CCCN2Cc2ccccc21. The van der Waals surface area contributed by atoms with E-state index in [-0.39, 0.29) is 22.0 Å². The Morgan fingerprint density at radius 1 is 1.26 bits per heavy atom. The van der Waals surface area contributed by atoms with Crippen LogP contribution in [0.4, 0.5) is 0 Å². The van der Waals surface area contributed by atoms with E-state index in [1.165, 1.54) is 19.0 Å². The van der Waals surface area contributed by atoms with Gasteiger partial charge in [-0.15, -0.1) is 11.3 Å². The monoisotopic (exact) mass is 501 g/mol. The first-order chi connectivity index (χ1) is 17.9. The van der Waals surface area contributed by atoms with E-state index in [0.29, 0.717) is 37.3 Å². The second-order valence-corrected chi connectivity index (χ2v) is 9.69. The zero-order valence-electron chi connectivity index (χ0n) is 22.8. The molecule has 2 aliphatic heterocycles. The molecular weight excluding hydrogens is 468 g/mol. The van der Waals surface area contributed by atoms with Gasteiger partial charge in [-0.25, -0.2) is 9.99 Å². The number of hydrazine groups is 1. The molecular formula is C24H30N6O4S. The molecule has 1 aromatic heterocycles. The fourth-order valence-corrected chi connectivity index (χ4v) is 5.18. The van der Waals surface area contributed by atoms with E-state index in [9.17, 15) is 19.2 Å². The van der Waals surface area contributed by atoms with Gasteiger partial charge in [-0.2, -0.15) is 0 Å². The van der Waals surface area contributed by atoms with Crippen LogP contribution in [0.2, 0.25) is 0 Å². The van der Waals surface area contributed by atoms with Gasteiger partial charge in [0, 0.05) is 37.3 Å². The number of hydrogen-bond donors (Lipinski definition) is 3. The standard InChI is InChI=1S/C24H30N6O4S/c1-14(12-26-20(32)18-15(2)27-22(35-18)21(33)25-4)19(31)28-24(3)17-9-6-5-8-16(17)13-29-10-7-11-30(29)23(24)34/h5-6,8-9,14H,7,10-13H2,1-4H3,(H,25,33)(H,26,32)(H,28,31)/t14-,24-/m1/s1/i3D3. The number of fused-ring (bicyclic) bond motifs is 2. The van der Waals surface area contributed by atoms with E-state index in [1.54, 1.807) is 31.2 Å². The molecule has 4 rings (SSSR count). The largest absolute Gasteiger partial charge is 0.353 e. The molecule has 2 aliphatic rings. The van der Waals surface area contributed by atoms with Gasteiger partial charge in [0.15, 0.2) is 5.01 Å². The summed E-state index contributed by atoms with van der Waals surface area (Å²) in [5.41, 5.74) is -1.02. The maximum Gasteiger partial charge on any atom is 0.280 e. The van der Waals surface area contributed by atoms with Gasteiger partial charge in [-0.1, -0.05) is 31.2 Å². The van der Waals surface area contributed by atoms with Gasteiger partial charge >= 0.3 is 0 Å². The molecule has 35 heavy (non-hydrogen) atoms. The highest BCUT2D eigenvalue weighted by atomic mass is 32.1. The van der Waals surface area contributed by atoms with E-state index in [1.807, 2.05) is 5.01 Å². The molecule has 186 valence electrons. The molecule has 3 heterocycles. The molecule has 1 fully saturated rings. The molecule has 0 spiro atoms. The first kappa shape index (κ1) is 21.0. The Morgan fingerprint density at radius 2 is 2.03 bits per heavy atom. The quantitative estimate of drug-likeness (QED) is 0.546. The number of benzene rings is 1. The second-order valence-electron chi connectivity index (χ2n) is 8.69. The third kappa shape index (κ3) is 4.65. The lowest BCUT2D eigenvalue weighted by Gasteiger charge is -2.34. The van der Waals surface area contributed by atoms with E-state index >= 15 is 0 Å². The third-order valence-electron chi connectivity index (χ3n) is 6.21. The van der Waals surface area contributed by atoms with Crippen LogP contribution in [0.15, 0.2) is 24.3 Å². The van der Waals surface area contributed by atoms with Crippen molar-refractivity contribution in [3.05, 3.63) is 51.0 Å². The van der Waals surface area contributed by atoms with Gasteiger partial charge in [0.2, 0.25) is 5.91 Å². The minimum atomic E-state index is -2.90. The fourth-order valence-electron chi connectivity index (χ4n) is 4.25. The van der Waals surface area contributed by atoms with Gasteiger partial charge in [-0.05, 0) is 31.3 Å². The van der Waals surface area contributed by atoms with Crippen molar-refractivity contribution in [2.24, 2.45) is 5.92 Å². The highest BCUT2D eigenvalue weighted by Gasteiger charge is 2.47. The molecule has 0 bridgehead atoms. The van der Waals surface area contributed by atoms with Crippen molar-refractivity contribution < 1.29 is 23.3 Å². The van der Waals surface area contributed by atoms with Crippen LogP contribution in [-0.4, -0.2) is 65.3 Å². The number of carbonyl (C=O) groups excluding carboxylic acids is 4. The van der Waals surface area contributed by atoms with Crippen molar-refractivity contribution in [3.63, 3.8) is 0 Å². The highest BCUT2D eigenvalue weighted by Crippen LogP contribution is 2.34. The first-order valence-electron chi connectivity index (χ1n) is 12.9.